The summed E-state index contributed by atoms with van der Waals surface area (Å²) >= 11 is 5.85. The molecule has 0 spiro atoms. The zero-order valence-electron chi connectivity index (χ0n) is 14.9. The van der Waals surface area contributed by atoms with E-state index in [2.05, 4.69) is 15.6 Å². The van der Waals surface area contributed by atoms with Crippen molar-refractivity contribution < 1.29 is 9.59 Å². The van der Waals surface area contributed by atoms with E-state index in [-0.39, 0.29) is 18.4 Å². The van der Waals surface area contributed by atoms with Crippen LogP contribution < -0.4 is 10.6 Å². The number of nitrogens with zero attached hydrogens (tertiary/aromatic N) is 1. The molecule has 0 aliphatic carbocycles. The summed E-state index contributed by atoms with van der Waals surface area (Å²) in [7, 11) is 0. The van der Waals surface area contributed by atoms with Gasteiger partial charge in [0.15, 0.2) is 0 Å². The van der Waals surface area contributed by atoms with Gasteiger partial charge in [-0.3, -0.25) is 14.6 Å². The predicted molar refractivity (Wildman–Crippen MR) is 111 cm³/mol. The van der Waals surface area contributed by atoms with Gasteiger partial charge in [0.2, 0.25) is 5.91 Å². The average Bonchev–Trinajstić information content (AvgIpc) is 2.73. The highest BCUT2D eigenvalue weighted by Crippen LogP contribution is 2.16. The summed E-state index contributed by atoms with van der Waals surface area (Å²) in [6, 6.07) is 17.9. The molecular weight excluding hydrogens is 374 g/mol. The number of nitrogens with one attached hydrogen (secondary N) is 2. The third-order valence-corrected chi connectivity index (χ3v) is 4.19. The molecule has 0 fully saturated rings. The number of amides is 2. The number of hydrogen-bond donors (Lipinski definition) is 2. The van der Waals surface area contributed by atoms with Crippen molar-refractivity contribution in [2.75, 3.05) is 5.32 Å². The monoisotopic (exact) mass is 391 g/mol. The quantitative estimate of drug-likeness (QED) is 0.615. The summed E-state index contributed by atoms with van der Waals surface area (Å²) in [5.74, 6) is -0.488. The highest BCUT2D eigenvalue weighted by molar-refractivity contribution is 6.30. The molecule has 140 valence electrons. The number of carbonyl (C=O) groups excluding carboxylic acids is 2. The van der Waals surface area contributed by atoms with E-state index in [0.717, 1.165) is 11.1 Å². The van der Waals surface area contributed by atoms with Gasteiger partial charge in [0.1, 0.15) is 0 Å². The fourth-order valence-corrected chi connectivity index (χ4v) is 2.62. The minimum absolute atomic E-state index is 0.225. The maximum atomic E-state index is 12.2. The molecule has 0 unspecified atom stereocenters. The van der Waals surface area contributed by atoms with Gasteiger partial charge in [0, 0.05) is 35.7 Å². The van der Waals surface area contributed by atoms with E-state index >= 15 is 0 Å². The molecule has 3 rings (SSSR count). The SMILES string of the molecule is O=C(/C=C/c1ccc(Cl)cc1)Nc1ccccc1CNC(=O)c1cccnc1. The molecule has 0 atom stereocenters. The molecule has 3 aromatic rings. The van der Waals surface area contributed by atoms with E-state index in [0.29, 0.717) is 16.3 Å². The normalized spacial score (nSPS) is 10.6. The molecule has 0 saturated carbocycles. The lowest BCUT2D eigenvalue weighted by atomic mass is 10.1. The van der Waals surface area contributed by atoms with Crippen molar-refractivity contribution in [2.45, 2.75) is 6.54 Å². The Labute approximate surface area is 168 Å². The summed E-state index contributed by atoms with van der Waals surface area (Å²) in [4.78, 5) is 28.4. The fourth-order valence-electron chi connectivity index (χ4n) is 2.49. The number of rotatable bonds is 6. The Morgan fingerprint density at radius 2 is 1.79 bits per heavy atom. The Morgan fingerprint density at radius 3 is 2.54 bits per heavy atom. The first-order chi connectivity index (χ1) is 13.6. The summed E-state index contributed by atoms with van der Waals surface area (Å²) in [6.45, 7) is 0.283. The lowest BCUT2D eigenvalue weighted by Crippen LogP contribution is -2.23. The predicted octanol–water partition coefficient (Wildman–Crippen LogP) is 4.32. The number of anilines is 1. The molecule has 0 saturated heterocycles. The highest BCUT2D eigenvalue weighted by atomic mass is 35.5. The highest BCUT2D eigenvalue weighted by Gasteiger charge is 2.08. The number of carbonyl (C=O) groups is 2. The number of aromatic nitrogens is 1. The molecule has 1 heterocycles. The first-order valence-corrected chi connectivity index (χ1v) is 9.00. The largest absolute Gasteiger partial charge is 0.348 e. The number of benzene rings is 2. The van der Waals surface area contributed by atoms with Crippen molar-refractivity contribution in [3.63, 3.8) is 0 Å². The van der Waals surface area contributed by atoms with Gasteiger partial charge in [0.05, 0.1) is 5.56 Å². The standard InChI is InChI=1S/C22H18ClN3O2/c23-19-10-7-16(8-11-19)9-12-21(27)26-20-6-2-1-4-17(20)15-25-22(28)18-5-3-13-24-14-18/h1-14H,15H2,(H,25,28)(H,26,27)/b12-9+. The van der Waals surface area contributed by atoms with E-state index in [1.54, 1.807) is 42.6 Å². The second kappa shape index (κ2) is 9.48. The zero-order valence-corrected chi connectivity index (χ0v) is 15.7. The van der Waals surface area contributed by atoms with Gasteiger partial charge in [-0.1, -0.05) is 41.9 Å². The second-order valence-electron chi connectivity index (χ2n) is 5.96. The Kier molecular flexibility index (Phi) is 6.54. The molecule has 0 aliphatic heterocycles. The molecule has 0 radical (unpaired) electrons. The molecule has 0 aliphatic rings. The maximum Gasteiger partial charge on any atom is 0.253 e. The van der Waals surface area contributed by atoms with Crippen LogP contribution >= 0.6 is 11.6 Å². The second-order valence-corrected chi connectivity index (χ2v) is 6.39. The molecule has 5 nitrogen and oxygen atoms in total. The Balaban J connectivity index is 1.62. The minimum atomic E-state index is -0.263. The van der Waals surface area contributed by atoms with Gasteiger partial charge in [-0.2, -0.15) is 0 Å². The van der Waals surface area contributed by atoms with E-state index in [4.69, 9.17) is 11.6 Å². The van der Waals surface area contributed by atoms with Gasteiger partial charge in [-0.25, -0.2) is 0 Å². The third kappa shape index (κ3) is 5.53. The molecule has 6 heteroatoms. The van der Waals surface area contributed by atoms with Crippen molar-refractivity contribution >= 4 is 35.2 Å². The minimum Gasteiger partial charge on any atom is -0.348 e. The number of pyridine rings is 1. The van der Waals surface area contributed by atoms with Gasteiger partial charge < -0.3 is 10.6 Å². The van der Waals surface area contributed by atoms with Crippen LogP contribution in [-0.4, -0.2) is 16.8 Å². The molecule has 0 bridgehead atoms. The van der Waals surface area contributed by atoms with E-state index in [1.165, 1.54) is 12.3 Å². The Bertz CT molecular complexity index is 986. The van der Waals surface area contributed by atoms with Crippen molar-refractivity contribution in [1.29, 1.82) is 0 Å². The lowest BCUT2D eigenvalue weighted by molar-refractivity contribution is -0.111. The van der Waals surface area contributed by atoms with E-state index in [1.807, 2.05) is 30.3 Å². The van der Waals surface area contributed by atoms with Crippen LogP contribution in [0.4, 0.5) is 5.69 Å². The van der Waals surface area contributed by atoms with Crippen LogP contribution in [0.3, 0.4) is 0 Å². The van der Waals surface area contributed by atoms with Crippen LogP contribution in [0.1, 0.15) is 21.5 Å². The van der Waals surface area contributed by atoms with Crippen LogP contribution in [0.2, 0.25) is 5.02 Å². The molecule has 2 N–H and O–H groups in total. The van der Waals surface area contributed by atoms with Gasteiger partial charge >= 0.3 is 0 Å². The first kappa shape index (κ1) is 19.3. The average molecular weight is 392 g/mol. The van der Waals surface area contributed by atoms with Crippen LogP contribution in [0.5, 0.6) is 0 Å². The van der Waals surface area contributed by atoms with E-state index in [9.17, 15) is 9.59 Å². The van der Waals surface area contributed by atoms with Gasteiger partial charge in [-0.15, -0.1) is 0 Å². The van der Waals surface area contributed by atoms with Crippen molar-refractivity contribution in [1.82, 2.24) is 10.3 Å². The number of para-hydroxylation sites is 1. The Morgan fingerprint density at radius 1 is 1.00 bits per heavy atom. The maximum absolute atomic E-state index is 12.2. The molecular formula is C22H18ClN3O2. The smallest absolute Gasteiger partial charge is 0.253 e. The van der Waals surface area contributed by atoms with Gasteiger partial charge in [-0.05, 0) is 47.5 Å². The van der Waals surface area contributed by atoms with Crippen LogP contribution in [0.15, 0.2) is 79.1 Å². The lowest BCUT2D eigenvalue weighted by Gasteiger charge is -2.11. The third-order valence-electron chi connectivity index (χ3n) is 3.94. The molecule has 2 amide bonds. The van der Waals surface area contributed by atoms with Gasteiger partial charge in [0.25, 0.3) is 5.91 Å². The zero-order chi connectivity index (χ0) is 19.8. The summed E-state index contributed by atoms with van der Waals surface area (Å²) < 4.78 is 0. The van der Waals surface area contributed by atoms with E-state index < -0.39 is 0 Å². The van der Waals surface area contributed by atoms with Crippen molar-refractivity contribution in [3.8, 4) is 0 Å². The van der Waals surface area contributed by atoms with Crippen molar-refractivity contribution in [3.05, 3.63) is 101 Å². The fraction of sp³-hybridized carbons (Fsp3) is 0.0455. The Hall–Kier alpha value is -3.44. The number of hydrogen-bond acceptors (Lipinski definition) is 3. The van der Waals surface area contributed by atoms with Crippen LogP contribution in [0, 0.1) is 0 Å². The summed E-state index contributed by atoms with van der Waals surface area (Å²) in [5.41, 5.74) is 2.79. The van der Waals surface area contributed by atoms with Crippen LogP contribution in [-0.2, 0) is 11.3 Å². The molecule has 1 aromatic heterocycles. The molecule has 2 aromatic carbocycles. The topological polar surface area (TPSA) is 71.1 Å². The van der Waals surface area contributed by atoms with Crippen molar-refractivity contribution in [2.24, 2.45) is 0 Å². The van der Waals surface area contributed by atoms with Crippen LogP contribution in [0.25, 0.3) is 6.08 Å². The number of halogens is 1. The molecule has 28 heavy (non-hydrogen) atoms. The summed E-state index contributed by atoms with van der Waals surface area (Å²) in [6.07, 6.45) is 6.27. The first-order valence-electron chi connectivity index (χ1n) is 8.62. The summed E-state index contributed by atoms with van der Waals surface area (Å²) in [5, 5.41) is 6.31.